The van der Waals surface area contributed by atoms with Crippen LogP contribution >= 0.6 is 0 Å². The van der Waals surface area contributed by atoms with Crippen LogP contribution in [0.5, 0.6) is 0 Å². The van der Waals surface area contributed by atoms with Crippen molar-refractivity contribution in [1.82, 2.24) is 0 Å². The molecule has 0 aromatic heterocycles. The number of benzene rings is 1. The van der Waals surface area contributed by atoms with Gasteiger partial charge in [0.2, 0.25) is 0 Å². The highest BCUT2D eigenvalue weighted by Crippen LogP contribution is 2.30. The molecule has 1 aliphatic rings. The van der Waals surface area contributed by atoms with Crippen LogP contribution in [0.25, 0.3) is 0 Å². The molecule has 0 amide bonds. The molecule has 1 heterocycles. The Kier molecular flexibility index (Phi) is 4.79. The third kappa shape index (κ3) is 3.39. The third-order valence-electron chi connectivity index (χ3n) is 3.69. The van der Waals surface area contributed by atoms with Crippen LogP contribution in [0.4, 0.5) is 17.1 Å². The van der Waals surface area contributed by atoms with Gasteiger partial charge in [0.15, 0.2) is 0 Å². The van der Waals surface area contributed by atoms with Crippen LogP contribution in [-0.4, -0.2) is 38.8 Å². The fourth-order valence-electron chi connectivity index (χ4n) is 2.70. The van der Waals surface area contributed by atoms with Crippen molar-refractivity contribution in [3.05, 3.63) is 28.3 Å². The lowest BCUT2D eigenvalue weighted by Gasteiger charge is -2.34. The van der Waals surface area contributed by atoms with Crippen molar-refractivity contribution in [2.75, 3.05) is 44.1 Å². The minimum atomic E-state index is -0.346. The zero-order valence-corrected chi connectivity index (χ0v) is 12.0. The standard InChI is InChI=1S/C14H21N3O3/c1-15-12-6-13(8-14(7-12)17(18)19)16-5-3-4-11(9-16)10-20-2/h6-8,11,15H,3-5,9-10H2,1-2H3. The predicted molar refractivity (Wildman–Crippen MR) is 79.5 cm³/mol. The summed E-state index contributed by atoms with van der Waals surface area (Å²) >= 11 is 0. The Labute approximate surface area is 118 Å². The highest BCUT2D eigenvalue weighted by atomic mass is 16.6. The summed E-state index contributed by atoms with van der Waals surface area (Å²) in [6.07, 6.45) is 2.24. The monoisotopic (exact) mass is 279 g/mol. The van der Waals surface area contributed by atoms with Gasteiger partial charge < -0.3 is 15.0 Å². The van der Waals surface area contributed by atoms with Gasteiger partial charge in [0, 0.05) is 50.8 Å². The van der Waals surface area contributed by atoms with E-state index in [1.165, 1.54) is 0 Å². The van der Waals surface area contributed by atoms with E-state index in [4.69, 9.17) is 4.74 Å². The van der Waals surface area contributed by atoms with Gasteiger partial charge in [0.25, 0.3) is 5.69 Å². The molecule has 0 saturated carbocycles. The van der Waals surface area contributed by atoms with E-state index < -0.39 is 0 Å². The Bertz CT molecular complexity index is 477. The van der Waals surface area contributed by atoms with E-state index in [2.05, 4.69) is 10.2 Å². The van der Waals surface area contributed by atoms with Gasteiger partial charge in [0.1, 0.15) is 0 Å². The first-order chi connectivity index (χ1) is 9.63. The van der Waals surface area contributed by atoms with E-state index in [1.54, 1.807) is 26.3 Å². The highest BCUT2D eigenvalue weighted by molar-refractivity contribution is 5.64. The van der Waals surface area contributed by atoms with Crippen molar-refractivity contribution >= 4 is 17.1 Å². The Hall–Kier alpha value is -1.82. The Morgan fingerprint density at radius 1 is 1.50 bits per heavy atom. The molecule has 1 atom stereocenters. The normalized spacial score (nSPS) is 18.9. The maximum Gasteiger partial charge on any atom is 0.273 e. The average molecular weight is 279 g/mol. The summed E-state index contributed by atoms with van der Waals surface area (Å²) in [5.74, 6) is 0.492. The first kappa shape index (κ1) is 14.6. The molecular formula is C14H21N3O3. The molecule has 20 heavy (non-hydrogen) atoms. The summed E-state index contributed by atoms with van der Waals surface area (Å²) in [5.41, 5.74) is 1.80. The molecule has 1 N–H and O–H groups in total. The van der Waals surface area contributed by atoms with Crippen LogP contribution in [-0.2, 0) is 4.74 Å². The van der Waals surface area contributed by atoms with E-state index in [-0.39, 0.29) is 10.6 Å². The lowest BCUT2D eigenvalue weighted by molar-refractivity contribution is -0.384. The molecule has 1 fully saturated rings. The van der Waals surface area contributed by atoms with Gasteiger partial charge in [-0.15, -0.1) is 0 Å². The topological polar surface area (TPSA) is 67.6 Å². The molecule has 1 aliphatic heterocycles. The molecule has 0 bridgehead atoms. The number of ether oxygens (including phenoxy) is 1. The van der Waals surface area contributed by atoms with Gasteiger partial charge in [-0.1, -0.05) is 0 Å². The van der Waals surface area contributed by atoms with E-state index in [0.29, 0.717) is 5.92 Å². The predicted octanol–water partition coefficient (Wildman–Crippen LogP) is 2.50. The summed E-state index contributed by atoms with van der Waals surface area (Å²) < 4.78 is 5.23. The van der Waals surface area contributed by atoms with Crippen LogP contribution < -0.4 is 10.2 Å². The number of anilines is 2. The number of hydrogen-bond acceptors (Lipinski definition) is 5. The van der Waals surface area contributed by atoms with E-state index in [1.807, 2.05) is 6.07 Å². The maximum atomic E-state index is 11.0. The SMILES string of the molecule is CNc1cc(N2CCCC(COC)C2)cc([N+](=O)[O-])c1. The lowest BCUT2D eigenvalue weighted by Crippen LogP contribution is -2.37. The second kappa shape index (κ2) is 6.56. The van der Waals surface area contributed by atoms with Crippen molar-refractivity contribution in [2.24, 2.45) is 5.92 Å². The number of nitrogens with zero attached hydrogens (tertiary/aromatic N) is 2. The molecule has 110 valence electrons. The molecular weight excluding hydrogens is 258 g/mol. The van der Waals surface area contributed by atoms with Gasteiger partial charge in [-0.3, -0.25) is 10.1 Å². The molecule has 1 unspecified atom stereocenters. The largest absolute Gasteiger partial charge is 0.388 e. The molecule has 2 rings (SSSR count). The molecule has 0 aliphatic carbocycles. The lowest BCUT2D eigenvalue weighted by atomic mass is 9.98. The molecule has 1 aromatic rings. The van der Waals surface area contributed by atoms with Crippen molar-refractivity contribution in [3.63, 3.8) is 0 Å². The van der Waals surface area contributed by atoms with Gasteiger partial charge >= 0.3 is 0 Å². The van der Waals surface area contributed by atoms with E-state index >= 15 is 0 Å². The molecule has 1 saturated heterocycles. The van der Waals surface area contributed by atoms with Gasteiger partial charge in [-0.2, -0.15) is 0 Å². The minimum absolute atomic E-state index is 0.126. The average Bonchev–Trinajstić information content (AvgIpc) is 2.47. The summed E-state index contributed by atoms with van der Waals surface area (Å²) in [5, 5.41) is 14.0. The minimum Gasteiger partial charge on any atom is -0.388 e. The van der Waals surface area contributed by atoms with Crippen LogP contribution in [0.2, 0.25) is 0 Å². The second-order valence-electron chi connectivity index (χ2n) is 5.15. The van der Waals surface area contributed by atoms with Crippen LogP contribution in [0.15, 0.2) is 18.2 Å². The van der Waals surface area contributed by atoms with Crippen molar-refractivity contribution in [3.8, 4) is 0 Å². The molecule has 0 radical (unpaired) electrons. The number of hydrogen-bond donors (Lipinski definition) is 1. The fraction of sp³-hybridized carbons (Fsp3) is 0.571. The smallest absolute Gasteiger partial charge is 0.273 e. The Morgan fingerprint density at radius 3 is 2.95 bits per heavy atom. The van der Waals surface area contributed by atoms with Crippen molar-refractivity contribution in [1.29, 1.82) is 0 Å². The zero-order valence-electron chi connectivity index (χ0n) is 12.0. The number of non-ortho nitro benzene ring substituents is 1. The van der Waals surface area contributed by atoms with Gasteiger partial charge in [-0.25, -0.2) is 0 Å². The van der Waals surface area contributed by atoms with Crippen molar-refractivity contribution in [2.45, 2.75) is 12.8 Å². The zero-order chi connectivity index (χ0) is 14.5. The number of rotatable bonds is 5. The first-order valence-corrected chi connectivity index (χ1v) is 6.85. The van der Waals surface area contributed by atoms with E-state index in [9.17, 15) is 10.1 Å². The molecule has 1 aromatic carbocycles. The quantitative estimate of drug-likeness (QED) is 0.662. The summed E-state index contributed by atoms with van der Waals surface area (Å²) in [7, 11) is 3.48. The van der Waals surface area contributed by atoms with Crippen LogP contribution in [0, 0.1) is 16.0 Å². The van der Waals surface area contributed by atoms with Crippen molar-refractivity contribution < 1.29 is 9.66 Å². The highest BCUT2D eigenvalue weighted by Gasteiger charge is 2.22. The Balaban J connectivity index is 2.22. The fourth-order valence-corrected chi connectivity index (χ4v) is 2.70. The van der Waals surface area contributed by atoms with Crippen LogP contribution in [0.3, 0.4) is 0 Å². The Morgan fingerprint density at radius 2 is 2.30 bits per heavy atom. The molecule has 0 spiro atoms. The van der Waals surface area contributed by atoms with Crippen LogP contribution in [0.1, 0.15) is 12.8 Å². The number of nitrogens with one attached hydrogen (secondary N) is 1. The number of nitro benzene ring substituents is 1. The third-order valence-corrected chi connectivity index (χ3v) is 3.69. The number of piperidine rings is 1. The molecule has 6 heteroatoms. The second-order valence-corrected chi connectivity index (χ2v) is 5.15. The summed E-state index contributed by atoms with van der Waals surface area (Å²) in [4.78, 5) is 12.9. The van der Waals surface area contributed by atoms with Gasteiger partial charge in [0.05, 0.1) is 11.5 Å². The van der Waals surface area contributed by atoms with Gasteiger partial charge in [-0.05, 0) is 24.8 Å². The summed E-state index contributed by atoms with van der Waals surface area (Å²) in [6, 6.07) is 5.16. The van der Waals surface area contributed by atoms with E-state index in [0.717, 1.165) is 43.9 Å². The number of nitro groups is 1. The first-order valence-electron chi connectivity index (χ1n) is 6.85. The molecule has 6 nitrogen and oxygen atoms in total. The maximum absolute atomic E-state index is 11.0. The summed E-state index contributed by atoms with van der Waals surface area (Å²) in [6.45, 7) is 2.56. The number of methoxy groups -OCH3 is 1.